The largest absolute Gasteiger partial charge is 0.376 e. The van der Waals surface area contributed by atoms with Gasteiger partial charge in [0.25, 0.3) is 5.91 Å². The number of ether oxygens (including phenoxy) is 1. The first kappa shape index (κ1) is 16.1. The predicted molar refractivity (Wildman–Crippen MR) is 101 cm³/mol. The maximum Gasteiger partial charge on any atom is 0.267 e. The van der Waals surface area contributed by atoms with E-state index in [9.17, 15) is 4.79 Å². The highest BCUT2D eigenvalue weighted by Crippen LogP contribution is 2.35. The van der Waals surface area contributed by atoms with Gasteiger partial charge in [0, 0.05) is 25.0 Å². The highest BCUT2D eigenvalue weighted by atomic mass is 32.2. The Kier molecular flexibility index (Phi) is 4.61. The van der Waals surface area contributed by atoms with Crippen molar-refractivity contribution >= 4 is 39.9 Å². The first-order chi connectivity index (χ1) is 11.7. The molecule has 0 bridgehead atoms. The SMILES string of the molecule is O=C1/C(=C\N2CCCc3ccccc32)SC(=S)N1C[C@@H]1CCCO1. The number of benzene rings is 1. The number of anilines is 1. The van der Waals surface area contributed by atoms with Crippen molar-refractivity contribution in [2.24, 2.45) is 0 Å². The Balaban J connectivity index is 1.53. The third-order valence-electron chi connectivity index (χ3n) is 4.70. The third kappa shape index (κ3) is 3.10. The first-order valence-electron chi connectivity index (χ1n) is 8.44. The summed E-state index contributed by atoms with van der Waals surface area (Å²) in [5.74, 6) is 0.0172. The molecule has 3 aliphatic heterocycles. The summed E-state index contributed by atoms with van der Waals surface area (Å²) in [5.41, 5.74) is 2.54. The van der Waals surface area contributed by atoms with Gasteiger partial charge in [-0.2, -0.15) is 0 Å². The van der Waals surface area contributed by atoms with E-state index in [0.717, 1.165) is 43.7 Å². The van der Waals surface area contributed by atoms with E-state index < -0.39 is 0 Å². The molecule has 0 N–H and O–H groups in total. The molecule has 4 rings (SSSR count). The number of hydrogen-bond donors (Lipinski definition) is 0. The van der Waals surface area contributed by atoms with E-state index in [1.54, 1.807) is 4.90 Å². The summed E-state index contributed by atoms with van der Waals surface area (Å²) >= 11 is 6.83. The number of thiocarbonyl (C=S) groups is 1. The molecule has 24 heavy (non-hydrogen) atoms. The van der Waals surface area contributed by atoms with Crippen LogP contribution in [0.15, 0.2) is 35.4 Å². The minimum Gasteiger partial charge on any atom is -0.376 e. The van der Waals surface area contributed by atoms with E-state index in [2.05, 4.69) is 23.1 Å². The number of amides is 1. The van der Waals surface area contributed by atoms with Crippen LogP contribution in [0.5, 0.6) is 0 Å². The third-order valence-corrected chi connectivity index (χ3v) is 6.07. The predicted octanol–water partition coefficient (Wildman–Crippen LogP) is 3.32. The van der Waals surface area contributed by atoms with Gasteiger partial charge in [0.15, 0.2) is 0 Å². The van der Waals surface area contributed by atoms with E-state index in [-0.39, 0.29) is 12.0 Å². The van der Waals surface area contributed by atoms with Crippen molar-refractivity contribution in [1.29, 1.82) is 0 Å². The zero-order chi connectivity index (χ0) is 16.5. The van der Waals surface area contributed by atoms with Gasteiger partial charge in [-0.15, -0.1) is 0 Å². The van der Waals surface area contributed by atoms with Crippen LogP contribution in [0.4, 0.5) is 5.69 Å². The molecule has 2 fully saturated rings. The van der Waals surface area contributed by atoms with Gasteiger partial charge >= 0.3 is 0 Å². The quantitative estimate of drug-likeness (QED) is 0.610. The normalized spacial score (nSPS) is 25.7. The molecule has 1 aromatic rings. The Bertz CT molecular complexity index is 698. The van der Waals surface area contributed by atoms with Gasteiger partial charge in [-0.25, -0.2) is 0 Å². The molecular weight excluding hydrogens is 340 g/mol. The van der Waals surface area contributed by atoms with Crippen LogP contribution in [0, 0.1) is 0 Å². The maximum atomic E-state index is 12.8. The number of fused-ring (bicyclic) bond motifs is 1. The summed E-state index contributed by atoms with van der Waals surface area (Å²) in [4.78, 5) is 17.4. The molecule has 6 heteroatoms. The highest BCUT2D eigenvalue weighted by Gasteiger charge is 2.35. The molecule has 0 aliphatic carbocycles. The van der Waals surface area contributed by atoms with Crippen LogP contribution in [0.2, 0.25) is 0 Å². The van der Waals surface area contributed by atoms with Crippen LogP contribution in [0.1, 0.15) is 24.8 Å². The fourth-order valence-electron chi connectivity index (χ4n) is 3.48. The molecule has 0 radical (unpaired) electrons. The maximum absolute atomic E-state index is 12.8. The number of carbonyl (C=O) groups excluding carboxylic acids is 1. The second-order valence-corrected chi connectivity index (χ2v) is 8.01. The number of aryl methyl sites for hydroxylation is 1. The second-order valence-electron chi connectivity index (χ2n) is 6.34. The lowest BCUT2D eigenvalue weighted by molar-refractivity contribution is -0.123. The molecule has 126 valence electrons. The standard InChI is InChI=1S/C18H20N2O2S2/c21-17-16(24-18(23)20(17)11-14-7-4-10-22-14)12-19-9-3-6-13-5-1-2-8-15(13)19/h1-2,5,8,12,14H,3-4,6-7,9-11H2/b16-12+/t14-/m0/s1. The molecule has 3 aliphatic rings. The number of carbonyl (C=O) groups is 1. The van der Waals surface area contributed by atoms with E-state index in [1.807, 2.05) is 12.3 Å². The molecule has 4 nitrogen and oxygen atoms in total. The van der Waals surface area contributed by atoms with Gasteiger partial charge in [-0.1, -0.05) is 42.2 Å². The zero-order valence-corrected chi connectivity index (χ0v) is 15.1. The Hall–Kier alpha value is -1.37. The minimum absolute atomic E-state index is 0.0172. The van der Waals surface area contributed by atoms with Crippen LogP contribution >= 0.6 is 24.0 Å². The van der Waals surface area contributed by atoms with Crippen molar-refractivity contribution in [3.05, 3.63) is 40.9 Å². The summed E-state index contributed by atoms with van der Waals surface area (Å²) in [6.45, 7) is 2.31. The molecule has 3 heterocycles. The number of thioether (sulfide) groups is 1. The molecule has 0 saturated carbocycles. The van der Waals surface area contributed by atoms with Crippen molar-refractivity contribution in [2.75, 3.05) is 24.6 Å². The van der Waals surface area contributed by atoms with E-state index in [1.165, 1.54) is 23.0 Å². The number of rotatable bonds is 3. The van der Waals surface area contributed by atoms with Gasteiger partial charge in [-0.05, 0) is 37.3 Å². The van der Waals surface area contributed by atoms with Crippen molar-refractivity contribution in [1.82, 2.24) is 4.90 Å². The smallest absolute Gasteiger partial charge is 0.267 e. The second kappa shape index (κ2) is 6.86. The van der Waals surface area contributed by atoms with Crippen LogP contribution in [-0.4, -0.2) is 40.9 Å². The van der Waals surface area contributed by atoms with Crippen molar-refractivity contribution in [3.8, 4) is 0 Å². The minimum atomic E-state index is 0.0172. The zero-order valence-electron chi connectivity index (χ0n) is 13.4. The van der Waals surface area contributed by atoms with Crippen LogP contribution in [-0.2, 0) is 16.0 Å². The number of para-hydroxylation sites is 1. The fourth-order valence-corrected chi connectivity index (χ4v) is 4.74. The molecule has 1 aromatic carbocycles. The van der Waals surface area contributed by atoms with Gasteiger partial charge in [0.1, 0.15) is 4.32 Å². The summed E-state index contributed by atoms with van der Waals surface area (Å²) in [6.07, 6.45) is 6.38. The highest BCUT2D eigenvalue weighted by molar-refractivity contribution is 8.26. The van der Waals surface area contributed by atoms with Crippen LogP contribution < -0.4 is 4.90 Å². The van der Waals surface area contributed by atoms with Gasteiger partial charge < -0.3 is 9.64 Å². The Morgan fingerprint density at radius 1 is 1.33 bits per heavy atom. The molecular formula is C18H20N2O2S2. The lowest BCUT2D eigenvalue weighted by Crippen LogP contribution is -2.35. The van der Waals surface area contributed by atoms with Crippen molar-refractivity contribution in [3.63, 3.8) is 0 Å². The van der Waals surface area contributed by atoms with Crippen LogP contribution in [0.3, 0.4) is 0 Å². The lowest BCUT2D eigenvalue weighted by Gasteiger charge is -2.28. The van der Waals surface area contributed by atoms with Gasteiger partial charge in [0.2, 0.25) is 0 Å². The number of hydrogen-bond acceptors (Lipinski definition) is 5. The molecule has 2 saturated heterocycles. The van der Waals surface area contributed by atoms with E-state index >= 15 is 0 Å². The summed E-state index contributed by atoms with van der Waals surface area (Å²) in [7, 11) is 0. The fraction of sp³-hybridized carbons (Fsp3) is 0.444. The van der Waals surface area contributed by atoms with Crippen molar-refractivity contribution < 1.29 is 9.53 Å². The Morgan fingerprint density at radius 2 is 2.21 bits per heavy atom. The van der Waals surface area contributed by atoms with Crippen LogP contribution in [0.25, 0.3) is 0 Å². The van der Waals surface area contributed by atoms with E-state index in [4.69, 9.17) is 17.0 Å². The molecule has 0 spiro atoms. The molecule has 0 unspecified atom stereocenters. The van der Waals surface area contributed by atoms with Gasteiger partial charge in [-0.3, -0.25) is 9.69 Å². The summed E-state index contributed by atoms with van der Waals surface area (Å²) in [5, 5.41) is 0. The molecule has 0 aromatic heterocycles. The number of nitrogens with zero attached hydrogens (tertiary/aromatic N) is 2. The average molecular weight is 361 g/mol. The monoisotopic (exact) mass is 360 g/mol. The average Bonchev–Trinajstić information content (AvgIpc) is 3.20. The lowest BCUT2D eigenvalue weighted by atomic mass is 10.0. The first-order valence-corrected chi connectivity index (χ1v) is 9.66. The summed E-state index contributed by atoms with van der Waals surface area (Å²) in [6, 6.07) is 8.41. The Labute approximate surface area is 151 Å². The molecule has 1 atom stereocenters. The summed E-state index contributed by atoms with van der Waals surface area (Å²) < 4.78 is 6.30. The Morgan fingerprint density at radius 3 is 3.04 bits per heavy atom. The molecule has 1 amide bonds. The van der Waals surface area contributed by atoms with Gasteiger partial charge in [0.05, 0.1) is 17.6 Å². The topological polar surface area (TPSA) is 32.8 Å². The van der Waals surface area contributed by atoms with Crippen molar-refractivity contribution in [2.45, 2.75) is 31.8 Å². The van der Waals surface area contributed by atoms with E-state index in [0.29, 0.717) is 10.9 Å².